The normalized spacial score (nSPS) is 13.8. The summed E-state index contributed by atoms with van der Waals surface area (Å²) in [7, 11) is 0. The standard InChI is InChI=1S/C16H14F4N2O3/c17-12-5-10(15-11(6-12)8-23-9-24-15)3-4-21-14-2-1-13(7-22-14)25-16(18,19)20/h1-2,5-7H,3-4,8-9H2,(H,21,22). The number of benzene rings is 1. The van der Waals surface area contributed by atoms with Gasteiger partial charge in [0.1, 0.15) is 23.1 Å². The highest BCUT2D eigenvalue weighted by Crippen LogP contribution is 2.30. The Labute approximate surface area is 140 Å². The number of hydrogen-bond donors (Lipinski definition) is 1. The number of nitrogens with zero attached hydrogens (tertiary/aromatic N) is 1. The lowest BCUT2D eigenvalue weighted by Crippen LogP contribution is -2.17. The van der Waals surface area contributed by atoms with E-state index in [9.17, 15) is 17.6 Å². The van der Waals surface area contributed by atoms with E-state index in [1.165, 1.54) is 18.2 Å². The lowest BCUT2D eigenvalue weighted by atomic mass is 10.1. The summed E-state index contributed by atoms with van der Waals surface area (Å²) < 4.78 is 64.2. The molecule has 0 aliphatic carbocycles. The van der Waals surface area contributed by atoms with Crippen LogP contribution in [0.15, 0.2) is 30.5 Å². The van der Waals surface area contributed by atoms with Crippen molar-refractivity contribution in [3.05, 3.63) is 47.4 Å². The molecule has 0 saturated heterocycles. The number of ether oxygens (including phenoxy) is 3. The minimum Gasteiger partial charge on any atom is -0.467 e. The Balaban J connectivity index is 1.59. The van der Waals surface area contributed by atoms with Crippen LogP contribution >= 0.6 is 0 Å². The maximum Gasteiger partial charge on any atom is 0.573 e. The van der Waals surface area contributed by atoms with Crippen molar-refractivity contribution in [2.45, 2.75) is 19.4 Å². The van der Waals surface area contributed by atoms with Gasteiger partial charge in [-0.05, 0) is 36.2 Å². The Morgan fingerprint density at radius 1 is 1.24 bits per heavy atom. The topological polar surface area (TPSA) is 52.6 Å². The third-order valence-electron chi connectivity index (χ3n) is 3.42. The summed E-state index contributed by atoms with van der Waals surface area (Å²) >= 11 is 0. The molecule has 25 heavy (non-hydrogen) atoms. The highest BCUT2D eigenvalue weighted by Gasteiger charge is 2.31. The Hall–Kier alpha value is -2.55. The molecule has 0 spiro atoms. The van der Waals surface area contributed by atoms with Gasteiger partial charge in [0.2, 0.25) is 0 Å². The first-order chi connectivity index (χ1) is 11.9. The first-order valence-corrected chi connectivity index (χ1v) is 7.38. The lowest BCUT2D eigenvalue weighted by molar-refractivity contribution is -0.274. The van der Waals surface area contributed by atoms with Crippen molar-refractivity contribution in [1.82, 2.24) is 4.98 Å². The molecule has 0 radical (unpaired) electrons. The molecule has 0 bridgehead atoms. The summed E-state index contributed by atoms with van der Waals surface area (Å²) in [6.07, 6.45) is -3.33. The van der Waals surface area contributed by atoms with Crippen LogP contribution in [-0.2, 0) is 17.8 Å². The van der Waals surface area contributed by atoms with E-state index in [4.69, 9.17) is 9.47 Å². The summed E-state index contributed by atoms with van der Waals surface area (Å²) in [5, 5.41) is 2.95. The van der Waals surface area contributed by atoms with Gasteiger partial charge < -0.3 is 19.5 Å². The van der Waals surface area contributed by atoms with E-state index in [1.807, 2.05) is 0 Å². The molecule has 0 amide bonds. The van der Waals surface area contributed by atoms with Crippen molar-refractivity contribution in [2.75, 3.05) is 18.7 Å². The molecular weight excluding hydrogens is 344 g/mol. The molecule has 134 valence electrons. The van der Waals surface area contributed by atoms with Gasteiger partial charge in [0.25, 0.3) is 0 Å². The Morgan fingerprint density at radius 3 is 2.80 bits per heavy atom. The highest BCUT2D eigenvalue weighted by molar-refractivity contribution is 5.44. The molecule has 1 aromatic carbocycles. The first-order valence-electron chi connectivity index (χ1n) is 7.38. The molecule has 1 aliphatic heterocycles. The number of alkyl halides is 3. The average molecular weight is 358 g/mol. The predicted molar refractivity (Wildman–Crippen MR) is 79.8 cm³/mol. The summed E-state index contributed by atoms with van der Waals surface area (Å²) in [5.74, 6) is 0.209. The monoisotopic (exact) mass is 358 g/mol. The van der Waals surface area contributed by atoms with Crippen LogP contribution in [0.4, 0.5) is 23.4 Å². The number of rotatable bonds is 5. The molecule has 0 unspecified atom stereocenters. The Kier molecular flexibility index (Phi) is 4.93. The van der Waals surface area contributed by atoms with Gasteiger partial charge in [-0.1, -0.05) is 0 Å². The quantitative estimate of drug-likeness (QED) is 0.827. The van der Waals surface area contributed by atoms with Crippen molar-refractivity contribution in [2.24, 2.45) is 0 Å². The fourth-order valence-corrected chi connectivity index (χ4v) is 2.45. The second kappa shape index (κ2) is 7.14. The number of hydrogen-bond acceptors (Lipinski definition) is 5. The number of nitrogens with one attached hydrogen (secondary N) is 1. The fraction of sp³-hybridized carbons (Fsp3) is 0.312. The van der Waals surface area contributed by atoms with Crippen molar-refractivity contribution in [3.63, 3.8) is 0 Å². The van der Waals surface area contributed by atoms with Gasteiger partial charge in [0.05, 0.1) is 12.8 Å². The average Bonchev–Trinajstić information content (AvgIpc) is 2.55. The van der Waals surface area contributed by atoms with E-state index in [0.717, 1.165) is 12.3 Å². The van der Waals surface area contributed by atoms with Crippen molar-refractivity contribution < 1.29 is 31.8 Å². The van der Waals surface area contributed by atoms with Crippen molar-refractivity contribution in [3.8, 4) is 11.5 Å². The van der Waals surface area contributed by atoms with E-state index in [1.54, 1.807) is 0 Å². The largest absolute Gasteiger partial charge is 0.573 e. The maximum absolute atomic E-state index is 13.6. The molecule has 5 nitrogen and oxygen atoms in total. The summed E-state index contributed by atoms with van der Waals surface area (Å²) in [6.45, 7) is 0.795. The predicted octanol–water partition coefficient (Wildman–Crippen LogP) is 3.64. The third-order valence-corrected chi connectivity index (χ3v) is 3.42. The number of fused-ring (bicyclic) bond motifs is 1. The SMILES string of the molecule is Fc1cc(CCNc2ccc(OC(F)(F)F)cn2)c2c(c1)COCO2. The molecule has 1 aromatic heterocycles. The molecule has 0 atom stereocenters. The number of halogens is 4. The van der Waals surface area contributed by atoms with Gasteiger partial charge in [-0.25, -0.2) is 9.37 Å². The highest BCUT2D eigenvalue weighted by atomic mass is 19.4. The smallest absolute Gasteiger partial charge is 0.467 e. The minimum absolute atomic E-state index is 0.112. The van der Waals surface area contributed by atoms with Crippen LogP contribution in [0.1, 0.15) is 11.1 Å². The first kappa shape index (κ1) is 17.3. The molecule has 0 fully saturated rings. The van der Waals surface area contributed by atoms with Gasteiger partial charge in [-0.2, -0.15) is 0 Å². The second-order valence-corrected chi connectivity index (χ2v) is 5.27. The molecule has 9 heteroatoms. The maximum atomic E-state index is 13.6. The van der Waals surface area contributed by atoms with E-state index in [2.05, 4.69) is 15.0 Å². The van der Waals surface area contributed by atoms with E-state index in [0.29, 0.717) is 35.7 Å². The van der Waals surface area contributed by atoms with Gasteiger partial charge >= 0.3 is 6.36 Å². The fourth-order valence-electron chi connectivity index (χ4n) is 2.45. The van der Waals surface area contributed by atoms with Crippen LogP contribution in [0, 0.1) is 5.82 Å². The Morgan fingerprint density at radius 2 is 2.08 bits per heavy atom. The van der Waals surface area contributed by atoms with Gasteiger partial charge in [-0.3, -0.25) is 0 Å². The van der Waals surface area contributed by atoms with E-state index in [-0.39, 0.29) is 19.2 Å². The van der Waals surface area contributed by atoms with Crippen LogP contribution in [0.25, 0.3) is 0 Å². The van der Waals surface area contributed by atoms with Gasteiger partial charge in [0, 0.05) is 12.1 Å². The molecule has 2 aromatic rings. The minimum atomic E-state index is -4.75. The molecule has 0 saturated carbocycles. The molecule has 2 heterocycles. The number of pyridine rings is 1. The second-order valence-electron chi connectivity index (χ2n) is 5.27. The van der Waals surface area contributed by atoms with Crippen LogP contribution in [0.5, 0.6) is 11.5 Å². The number of aromatic nitrogens is 1. The van der Waals surface area contributed by atoms with Crippen LogP contribution < -0.4 is 14.8 Å². The molecular formula is C16H14F4N2O3. The number of anilines is 1. The third kappa shape index (κ3) is 4.72. The summed E-state index contributed by atoms with van der Waals surface area (Å²) in [6, 6.07) is 5.28. The van der Waals surface area contributed by atoms with E-state index >= 15 is 0 Å². The zero-order valence-corrected chi connectivity index (χ0v) is 12.9. The molecule has 1 aliphatic rings. The van der Waals surface area contributed by atoms with Gasteiger partial charge in [0.15, 0.2) is 6.79 Å². The molecule has 3 rings (SSSR count). The lowest BCUT2D eigenvalue weighted by Gasteiger charge is -2.21. The Bertz CT molecular complexity index is 735. The van der Waals surface area contributed by atoms with Crippen molar-refractivity contribution in [1.29, 1.82) is 0 Å². The summed E-state index contributed by atoms with van der Waals surface area (Å²) in [5.41, 5.74) is 1.33. The van der Waals surface area contributed by atoms with E-state index < -0.39 is 12.1 Å². The summed E-state index contributed by atoms with van der Waals surface area (Å²) in [4.78, 5) is 3.84. The van der Waals surface area contributed by atoms with Crippen molar-refractivity contribution >= 4 is 5.82 Å². The zero-order valence-electron chi connectivity index (χ0n) is 12.9. The molecule has 1 N–H and O–H groups in total. The zero-order chi connectivity index (χ0) is 17.9. The van der Waals surface area contributed by atoms with Gasteiger partial charge in [-0.15, -0.1) is 13.2 Å². The van der Waals surface area contributed by atoms with Crippen LogP contribution in [-0.4, -0.2) is 24.7 Å². The van der Waals surface area contributed by atoms with Crippen LogP contribution in [0.3, 0.4) is 0 Å². The van der Waals surface area contributed by atoms with Crippen LogP contribution in [0.2, 0.25) is 0 Å².